The molecule has 72 valence electrons. The fourth-order valence-corrected chi connectivity index (χ4v) is 2.02. The predicted molar refractivity (Wildman–Crippen MR) is 58.2 cm³/mol. The number of hydrogen-bond acceptors (Lipinski definition) is 3. The van der Waals surface area contributed by atoms with Gasteiger partial charge in [0.2, 0.25) is 0 Å². The minimum Gasteiger partial charge on any atom is -0.310 e. The smallest absolute Gasteiger partial charge is 0.0946 e. The van der Waals surface area contributed by atoms with Crippen LogP contribution in [0.2, 0.25) is 0 Å². The van der Waals surface area contributed by atoms with Gasteiger partial charge in [0.25, 0.3) is 0 Å². The summed E-state index contributed by atoms with van der Waals surface area (Å²) < 4.78 is 0. The molecule has 0 aliphatic heterocycles. The third-order valence-corrected chi connectivity index (χ3v) is 2.80. The maximum atomic E-state index is 4.41. The first-order chi connectivity index (χ1) is 6.26. The summed E-state index contributed by atoms with van der Waals surface area (Å²) in [5, 5.41) is 6.61. The van der Waals surface area contributed by atoms with Crippen LogP contribution in [0.3, 0.4) is 0 Å². The molecule has 0 amide bonds. The summed E-state index contributed by atoms with van der Waals surface area (Å²) in [6, 6.07) is 0.357. The molecule has 0 radical (unpaired) electrons. The lowest BCUT2D eigenvalue weighted by atomic mass is 10.2. The lowest BCUT2D eigenvalue weighted by Crippen LogP contribution is -2.28. The lowest BCUT2D eigenvalue weighted by molar-refractivity contribution is 0.611. The number of hydrogen-bond donors (Lipinski definition) is 1. The monoisotopic (exact) mass is 196 g/mol. The van der Waals surface area contributed by atoms with E-state index in [1.54, 1.807) is 11.3 Å². The molecule has 0 aromatic carbocycles. The lowest BCUT2D eigenvalue weighted by Gasteiger charge is -2.10. The van der Waals surface area contributed by atoms with Gasteiger partial charge < -0.3 is 5.32 Å². The van der Waals surface area contributed by atoms with Crippen molar-refractivity contribution in [3.05, 3.63) is 28.7 Å². The van der Waals surface area contributed by atoms with E-state index >= 15 is 0 Å². The maximum Gasteiger partial charge on any atom is 0.0946 e. The summed E-state index contributed by atoms with van der Waals surface area (Å²) >= 11 is 1.72. The van der Waals surface area contributed by atoms with E-state index in [9.17, 15) is 0 Å². The molecule has 1 atom stereocenters. The van der Waals surface area contributed by atoms with Crippen molar-refractivity contribution >= 4 is 11.3 Å². The number of thiazole rings is 1. The first kappa shape index (κ1) is 10.4. The van der Waals surface area contributed by atoms with Crippen molar-refractivity contribution in [3.8, 4) is 0 Å². The molecule has 0 saturated carbocycles. The van der Waals surface area contributed by atoms with Crippen LogP contribution in [-0.2, 0) is 6.42 Å². The van der Waals surface area contributed by atoms with Gasteiger partial charge in [0.05, 0.1) is 5.01 Å². The van der Waals surface area contributed by atoms with Crippen LogP contribution in [-0.4, -0.2) is 17.6 Å². The Labute approximate surface area is 83.7 Å². The first-order valence-electron chi connectivity index (χ1n) is 4.53. The molecule has 0 aliphatic rings. The van der Waals surface area contributed by atoms with E-state index in [2.05, 4.69) is 29.2 Å². The second-order valence-corrected chi connectivity index (χ2v) is 3.93. The number of rotatable bonds is 5. The molecule has 0 bridgehead atoms. The quantitative estimate of drug-likeness (QED) is 0.730. The Morgan fingerprint density at radius 2 is 2.54 bits per heavy atom. The summed E-state index contributed by atoms with van der Waals surface area (Å²) in [5.41, 5.74) is 1.11. The molecule has 0 saturated heterocycles. The highest BCUT2D eigenvalue weighted by atomic mass is 32.1. The molecular weight excluding hydrogens is 180 g/mol. The minimum atomic E-state index is 0.357. The third-order valence-electron chi connectivity index (χ3n) is 1.81. The molecule has 2 nitrogen and oxygen atoms in total. The van der Waals surface area contributed by atoms with Crippen LogP contribution in [0.4, 0.5) is 0 Å². The molecule has 0 fully saturated rings. The molecule has 0 spiro atoms. The Morgan fingerprint density at radius 1 is 1.77 bits per heavy atom. The van der Waals surface area contributed by atoms with Crippen LogP contribution in [0, 0.1) is 6.92 Å². The van der Waals surface area contributed by atoms with Crippen LogP contribution in [0.25, 0.3) is 0 Å². The van der Waals surface area contributed by atoms with E-state index in [-0.39, 0.29) is 0 Å². The Bertz CT molecular complexity index is 268. The average molecular weight is 196 g/mol. The van der Waals surface area contributed by atoms with Crippen molar-refractivity contribution in [2.45, 2.75) is 26.3 Å². The van der Waals surface area contributed by atoms with E-state index in [1.165, 1.54) is 5.01 Å². The highest BCUT2D eigenvalue weighted by Crippen LogP contribution is 2.11. The van der Waals surface area contributed by atoms with Gasteiger partial charge >= 0.3 is 0 Å². The molecule has 1 heterocycles. The van der Waals surface area contributed by atoms with Crippen LogP contribution >= 0.6 is 11.3 Å². The van der Waals surface area contributed by atoms with Crippen molar-refractivity contribution in [3.63, 3.8) is 0 Å². The fraction of sp³-hybridized carbons (Fsp3) is 0.500. The second kappa shape index (κ2) is 5.14. The summed E-state index contributed by atoms with van der Waals surface area (Å²) in [4.78, 5) is 4.41. The van der Waals surface area contributed by atoms with E-state index in [4.69, 9.17) is 0 Å². The van der Waals surface area contributed by atoms with Crippen LogP contribution in [0.15, 0.2) is 18.0 Å². The predicted octanol–water partition coefficient (Wildman–Crippen LogP) is 2.16. The zero-order valence-corrected chi connectivity index (χ0v) is 9.03. The Balaban J connectivity index is 2.51. The van der Waals surface area contributed by atoms with E-state index in [1.807, 2.05) is 13.0 Å². The Hall–Kier alpha value is -0.670. The number of aryl methyl sites for hydroxylation is 1. The highest BCUT2D eigenvalue weighted by Gasteiger charge is 2.06. The second-order valence-electron chi connectivity index (χ2n) is 2.99. The van der Waals surface area contributed by atoms with Crippen molar-refractivity contribution in [1.82, 2.24) is 10.3 Å². The maximum absolute atomic E-state index is 4.41. The minimum absolute atomic E-state index is 0.357. The molecule has 1 aromatic rings. The standard InChI is InChI=1S/C10H16N2S/c1-4-9(11-5-2)6-10-12-8(3)7-13-10/h4,7,9,11H,1,5-6H2,2-3H3. The molecule has 1 N–H and O–H groups in total. The van der Waals surface area contributed by atoms with Gasteiger partial charge in [0.15, 0.2) is 0 Å². The molecular formula is C10H16N2S. The summed E-state index contributed by atoms with van der Waals surface area (Å²) in [7, 11) is 0. The third kappa shape index (κ3) is 3.28. The topological polar surface area (TPSA) is 24.9 Å². The van der Waals surface area contributed by atoms with Crippen LogP contribution in [0.1, 0.15) is 17.6 Å². The highest BCUT2D eigenvalue weighted by molar-refractivity contribution is 7.09. The van der Waals surface area contributed by atoms with Crippen LogP contribution in [0.5, 0.6) is 0 Å². The van der Waals surface area contributed by atoms with E-state index in [0.29, 0.717) is 6.04 Å². The fourth-order valence-electron chi connectivity index (χ4n) is 1.19. The average Bonchev–Trinajstić information content (AvgIpc) is 2.50. The summed E-state index contributed by atoms with van der Waals surface area (Å²) in [6.07, 6.45) is 2.90. The van der Waals surface area contributed by atoms with E-state index < -0.39 is 0 Å². The Kier molecular flexibility index (Phi) is 4.12. The number of nitrogens with zero attached hydrogens (tertiary/aromatic N) is 1. The number of likely N-dealkylation sites (N-methyl/N-ethyl adjacent to an activating group) is 1. The molecule has 0 aliphatic carbocycles. The molecule has 3 heteroatoms. The number of nitrogens with one attached hydrogen (secondary N) is 1. The zero-order valence-electron chi connectivity index (χ0n) is 8.21. The largest absolute Gasteiger partial charge is 0.310 e. The van der Waals surface area contributed by atoms with Gasteiger partial charge in [0, 0.05) is 23.5 Å². The van der Waals surface area contributed by atoms with Gasteiger partial charge in [-0.1, -0.05) is 13.0 Å². The number of aromatic nitrogens is 1. The van der Waals surface area contributed by atoms with Gasteiger partial charge in [-0.3, -0.25) is 0 Å². The van der Waals surface area contributed by atoms with Gasteiger partial charge in [-0.2, -0.15) is 0 Å². The Morgan fingerprint density at radius 3 is 3.00 bits per heavy atom. The first-order valence-corrected chi connectivity index (χ1v) is 5.41. The van der Waals surface area contributed by atoms with Gasteiger partial charge in [-0.05, 0) is 13.5 Å². The van der Waals surface area contributed by atoms with Gasteiger partial charge in [-0.15, -0.1) is 17.9 Å². The zero-order chi connectivity index (χ0) is 9.68. The van der Waals surface area contributed by atoms with Crippen molar-refractivity contribution < 1.29 is 0 Å². The van der Waals surface area contributed by atoms with Crippen molar-refractivity contribution in [2.75, 3.05) is 6.54 Å². The SMILES string of the molecule is C=CC(Cc1nc(C)cs1)NCC. The van der Waals surface area contributed by atoms with Crippen molar-refractivity contribution in [2.24, 2.45) is 0 Å². The summed E-state index contributed by atoms with van der Waals surface area (Å²) in [5.74, 6) is 0. The van der Waals surface area contributed by atoms with Gasteiger partial charge in [-0.25, -0.2) is 4.98 Å². The molecule has 13 heavy (non-hydrogen) atoms. The summed E-state index contributed by atoms with van der Waals surface area (Å²) in [6.45, 7) is 8.89. The van der Waals surface area contributed by atoms with E-state index in [0.717, 1.165) is 18.7 Å². The van der Waals surface area contributed by atoms with Gasteiger partial charge in [0.1, 0.15) is 0 Å². The van der Waals surface area contributed by atoms with Crippen LogP contribution < -0.4 is 5.32 Å². The normalized spacial score (nSPS) is 12.8. The van der Waals surface area contributed by atoms with Crippen molar-refractivity contribution in [1.29, 1.82) is 0 Å². The molecule has 1 rings (SSSR count). The molecule has 1 aromatic heterocycles. The molecule has 1 unspecified atom stereocenters.